The lowest BCUT2D eigenvalue weighted by molar-refractivity contribution is -0.136. The number of nitrogens with one attached hydrogen (secondary N) is 1. The van der Waals surface area contributed by atoms with Crippen molar-refractivity contribution in [2.75, 3.05) is 14.2 Å². The molecule has 0 saturated heterocycles. The largest absolute Gasteiger partial charge is 0.466 e. The highest BCUT2D eigenvalue weighted by Gasteiger charge is 2.35. The van der Waals surface area contributed by atoms with Crippen molar-refractivity contribution in [1.82, 2.24) is 10.2 Å². The van der Waals surface area contributed by atoms with Crippen molar-refractivity contribution in [2.45, 2.75) is 13.0 Å². The van der Waals surface area contributed by atoms with Crippen molar-refractivity contribution in [1.29, 1.82) is 0 Å². The second kappa shape index (κ2) is 5.85. The molecule has 2 amide bonds. The number of hydrogen-bond acceptors (Lipinski definition) is 3. The number of ether oxygens (including phenoxy) is 1. The number of allylic oxidation sites excluding steroid dienone is 1. The van der Waals surface area contributed by atoms with Crippen molar-refractivity contribution in [2.24, 2.45) is 0 Å². The van der Waals surface area contributed by atoms with Crippen LogP contribution < -0.4 is 5.32 Å². The van der Waals surface area contributed by atoms with Gasteiger partial charge in [0.05, 0.1) is 18.7 Å². The Morgan fingerprint density at radius 3 is 2.71 bits per heavy atom. The molecule has 0 fully saturated rings. The first-order chi connectivity index (χ1) is 9.86. The van der Waals surface area contributed by atoms with Crippen LogP contribution in [0.1, 0.15) is 18.5 Å². The molecule has 112 valence electrons. The molecular formula is C14H14BrFN2O3. The SMILES string of the molecule is COC(=O)C1=C(C)N(C)C(=O)N[C@@H]1c1ccc(Br)cc1F. The molecule has 1 atom stereocenters. The lowest BCUT2D eigenvalue weighted by Gasteiger charge is -2.33. The van der Waals surface area contributed by atoms with E-state index in [1.54, 1.807) is 13.0 Å². The topological polar surface area (TPSA) is 58.6 Å². The monoisotopic (exact) mass is 356 g/mol. The summed E-state index contributed by atoms with van der Waals surface area (Å²) in [6, 6.07) is 3.16. The number of benzene rings is 1. The minimum atomic E-state index is -0.880. The summed E-state index contributed by atoms with van der Waals surface area (Å²) in [5, 5.41) is 2.61. The van der Waals surface area contributed by atoms with E-state index in [4.69, 9.17) is 4.74 Å². The number of esters is 1. The number of nitrogens with zero attached hydrogens (tertiary/aromatic N) is 1. The zero-order chi connectivity index (χ0) is 15.7. The average Bonchev–Trinajstić information content (AvgIpc) is 2.44. The Morgan fingerprint density at radius 1 is 1.48 bits per heavy atom. The molecule has 0 unspecified atom stereocenters. The van der Waals surface area contributed by atoms with E-state index in [-0.39, 0.29) is 11.1 Å². The van der Waals surface area contributed by atoms with Gasteiger partial charge in [-0.3, -0.25) is 0 Å². The Hall–Kier alpha value is -1.89. The van der Waals surface area contributed by atoms with E-state index < -0.39 is 23.9 Å². The van der Waals surface area contributed by atoms with E-state index in [0.29, 0.717) is 10.2 Å². The summed E-state index contributed by atoms with van der Waals surface area (Å²) in [5.41, 5.74) is 0.846. The van der Waals surface area contributed by atoms with Crippen LogP contribution in [0.25, 0.3) is 0 Å². The predicted molar refractivity (Wildman–Crippen MR) is 77.9 cm³/mol. The molecule has 1 aliphatic rings. The van der Waals surface area contributed by atoms with E-state index in [1.807, 2.05) is 0 Å². The van der Waals surface area contributed by atoms with E-state index in [1.165, 1.54) is 31.2 Å². The summed E-state index contributed by atoms with van der Waals surface area (Å²) in [7, 11) is 2.77. The molecule has 1 aromatic carbocycles. The minimum absolute atomic E-state index is 0.208. The molecule has 0 bridgehead atoms. The molecule has 1 N–H and O–H groups in total. The number of amides is 2. The van der Waals surface area contributed by atoms with Gasteiger partial charge in [0.25, 0.3) is 0 Å². The Bertz CT molecular complexity index is 645. The highest BCUT2D eigenvalue weighted by molar-refractivity contribution is 9.10. The fourth-order valence-corrected chi connectivity index (χ4v) is 2.51. The minimum Gasteiger partial charge on any atom is -0.466 e. The molecule has 1 aliphatic heterocycles. The molecule has 5 nitrogen and oxygen atoms in total. The van der Waals surface area contributed by atoms with Crippen LogP contribution in [0.3, 0.4) is 0 Å². The van der Waals surface area contributed by atoms with E-state index in [2.05, 4.69) is 21.2 Å². The van der Waals surface area contributed by atoms with Gasteiger partial charge < -0.3 is 15.0 Å². The van der Waals surface area contributed by atoms with Gasteiger partial charge in [0.15, 0.2) is 0 Å². The maximum Gasteiger partial charge on any atom is 0.337 e. The highest BCUT2D eigenvalue weighted by atomic mass is 79.9. The molecular weight excluding hydrogens is 343 g/mol. The van der Waals surface area contributed by atoms with Crippen molar-refractivity contribution in [3.05, 3.63) is 45.3 Å². The number of halogens is 2. The molecule has 7 heteroatoms. The number of carbonyl (C=O) groups excluding carboxylic acids is 2. The molecule has 0 spiro atoms. The zero-order valence-electron chi connectivity index (χ0n) is 11.7. The van der Waals surface area contributed by atoms with Crippen LogP contribution >= 0.6 is 15.9 Å². The smallest absolute Gasteiger partial charge is 0.337 e. The Kier molecular flexibility index (Phi) is 4.32. The Morgan fingerprint density at radius 2 is 2.14 bits per heavy atom. The number of carbonyl (C=O) groups is 2. The standard InChI is InChI=1S/C14H14BrFN2O3/c1-7-11(13(19)21-3)12(17-14(20)18(7)2)9-5-4-8(15)6-10(9)16/h4-6,12H,1-3H3,(H,17,20)/t12-/m1/s1. The fourth-order valence-electron chi connectivity index (χ4n) is 2.18. The lowest BCUT2D eigenvalue weighted by atomic mass is 9.94. The van der Waals surface area contributed by atoms with Crippen LogP contribution in [0.2, 0.25) is 0 Å². The van der Waals surface area contributed by atoms with Crippen molar-refractivity contribution in [3.8, 4) is 0 Å². The van der Waals surface area contributed by atoms with Gasteiger partial charge in [-0.25, -0.2) is 14.0 Å². The Labute approximate surface area is 129 Å². The number of rotatable bonds is 2. The first-order valence-electron chi connectivity index (χ1n) is 6.15. The first kappa shape index (κ1) is 15.5. The summed E-state index contributed by atoms with van der Waals surface area (Å²) in [6.07, 6.45) is 0. The average molecular weight is 357 g/mol. The van der Waals surface area contributed by atoms with Gasteiger partial charge in [-0.05, 0) is 19.1 Å². The van der Waals surface area contributed by atoms with Gasteiger partial charge in [-0.15, -0.1) is 0 Å². The van der Waals surface area contributed by atoms with E-state index in [0.717, 1.165) is 0 Å². The molecule has 0 aromatic heterocycles. The second-order valence-corrected chi connectivity index (χ2v) is 5.51. The summed E-state index contributed by atoms with van der Waals surface area (Å²) in [5.74, 6) is -1.12. The molecule has 0 saturated carbocycles. The van der Waals surface area contributed by atoms with E-state index >= 15 is 0 Å². The van der Waals surface area contributed by atoms with Crippen molar-refractivity contribution >= 4 is 27.9 Å². The maximum atomic E-state index is 14.2. The van der Waals surface area contributed by atoms with Crippen LogP contribution in [-0.4, -0.2) is 31.1 Å². The van der Waals surface area contributed by atoms with Crippen LogP contribution in [0.4, 0.5) is 9.18 Å². The molecule has 1 heterocycles. The summed E-state index contributed by atoms with van der Waals surface area (Å²) >= 11 is 3.17. The quantitative estimate of drug-likeness (QED) is 0.828. The number of hydrogen-bond donors (Lipinski definition) is 1. The van der Waals surface area contributed by atoms with Crippen LogP contribution in [0, 0.1) is 5.82 Å². The van der Waals surface area contributed by atoms with Crippen molar-refractivity contribution in [3.63, 3.8) is 0 Å². The summed E-state index contributed by atoms with van der Waals surface area (Å²) < 4.78 is 19.5. The van der Waals surface area contributed by atoms with Crippen LogP contribution in [-0.2, 0) is 9.53 Å². The third-order valence-corrected chi connectivity index (χ3v) is 3.93. The second-order valence-electron chi connectivity index (χ2n) is 4.60. The Balaban J connectivity index is 2.59. The number of methoxy groups -OCH3 is 1. The molecule has 0 aliphatic carbocycles. The van der Waals surface area contributed by atoms with Gasteiger partial charge in [-0.1, -0.05) is 22.0 Å². The van der Waals surface area contributed by atoms with Crippen LogP contribution in [0.5, 0.6) is 0 Å². The number of urea groups is 1. The summed E-state index contributed by atoms with van der Waals surface area (Å²) in [4.78, 5) is 25.2. The first-order valence-corrected chi connectivity index (χ1v) is 6.94. The van der Waals surface area contributed by atoms with Gasteiger partial charge in [-0.2, -0.15) is 0 Å². The van der Waals surface area contributed by atoms with Crippen LogP contribution in [0.15, 0.2) is 33.9 Å². The van der Waals surface area contributed by atoms with Gasteiger partial charge in [0, 0.05) is 22.8 Å². The summed E-state index contributed by atoms with van der Waals surface area (Å²) in [6.45, 7) is 1.62. The molecule has 0 radical (unpaired) electrons. The fraction of sp³-hybridized carbons (Fsp3) is 0.286. The van der Waals surface area contributed by atoms with E-state index in [9.17, 15) is 14.0 Å². The normalized spacial score (nSPS) is 18.6. The van der Waals surface area contributed by atoms with Crippen molar-refractivity contribution < 1.29 is 18.7 Å². The lowest BCUT2D eigenvalue weighted by Crippen LogP contribution is -2.46. The maximum absolute atomic E-state index is 14.2. The van der Waals surface area contributed by atoms with Gasteiger partial charge in [0.1, 0.15) is 5.82 Å². The zero-order valence-corrected chi connectivity index (χ0v) is 13.3. The predicted octanol–water partition coefficient (Wildman–Crippen LogP) is 2.73. The highest BCUT2D eigenvalue weighted by Crippen LogP contribution is 2.32. The van der Waals surface area contributed by atoms with Gasteiger partial charge >= 0.3 is 12.0 Å². The molecule has 2 rings (SSSR count). The van der Waals surface area contributed by atoms with Gasteiger partial charge in [0.2, 0.25) is 0 Å². The molecule has 21 heavy (non-hydrogen) atoms. The molecule has 1 aromatic rings. The third-order valence-electron chi connectivity index (χ3n) is 3.43. The third kappa shape index (κ3) is 2.78.